The van der Waals surface area contributed by atoms with Gasteiger partial charge in [-0.3, -0.25) is 0 Å². The molecule has 0 saturated carbocycles. The Morgan fingerprint density at radius 2 is 2.00 bits per heavy atom. The highest BCUT2D eigenvalue weighted by atomic mass is 15.0. The van der Waals surface area contributed by atoms with E-state index in [1.54, 1.807) is 6.20 Å². The zero-order chi connectivity index (χ0) is 11.7. The Morgan fingerprint density at radius 3 is 2.88 bits per heavy atom. The minimum Gasteiger partial charge on any atom is -0.396 e. The average molecular weight is 225 g/mol. The largest absolute Gasteiger partial charge is 0.396 e. The van der Waals surface area contributed by atoms with Crippen molar-refractivity contribution in [2.24, 2.45) is 0 Å². The summed E-state index contributed by atoms with van der Waals surface area (Å²) in [4.78, 5) is 4.23. The summed E-state index contributed by atoms with van der Waals surface area (Å²) >= 11 is 0. The van der Waals surface area contributed by atoms with Crippen molar-refractivity contribution in [1.29, 1.82) is 0 Å². The van der Waals surface area contributed by atoms with Crippen LogP contribution in [0.3, 0.4) is 0 Å². The molecule has 1 heterocycles. The van der Waals surface area contributed by atoms with Gasteiger partial charge in [0, 0.05) is 11.9 Å². The number of nitrogens with zero attached hydrogens (tertiary/aromatic N) is 1. The van der Waals surface area contributed by atoms with Gasteiger partial charge in [0.2, 0.25) is 0 Å². The molecule has 1 aliphatic rings. The Morgan fingerprint density at radius 1 is 1.12 bits per heavy atom. The molecule has 3 nitrogen and oxygen atoms in total. The third-order valence-electron chi connectivity index (χ3n) is 3.20. The first-order valence-electron chi connectivity index (χ1n) is 5.92. The zero-order valence-corrected chi connectivity index (χ0v) is 9.61. The molecular formula is C14H15N3. The number of fused-ring (bicyclic) bond motifs is 1. The van der Waals surface area contributed by atoms with Crippen LogP contribution in [-0.2, 0) is 12.8 Å². The van der Waals surface area contributed by atoms with E-state index in [-0.39, 0.29) is 0 Å². The van der Waals surface area contributed by atoms with Gasteiger partial charge in [-0.2, -0.15) is 0 Å². The van der Waals surface area contributed by atoms with Gasteiger partial charge in [-0.25, -0.2) is 4.98 Å². The summed E-state index contributed by atoms with van der Waals surface area (Å²) in [6.07, 6.45) is 5.40. The van der Waals surface area contributed by atoms with E-state index in [0.717, 1.165) is 11.5 Å². The van der Waals surface area contributed by atoms with Crippen LogP contribution in [0.4, 0.5) is 17.2 Å². The fraction of sp³-hybridized carbons (Fsp3) is 0.214. The Hall–Kier alpha value is -2.03. The second kappa shape index (κ2) is 4.09. The summed E-state index contributed by atoms with van der Waals surface area (Å²) in [6.45, 7) is 0. The molecule has 0 fully saturated rings. The summed E-state index contributed by atoms with van der Waals surface area (Å²) in [5, 5.41) is 3.27. The van der Waals surface area contributed by atoms with Gasteiger partial charge in [0.25, 0.3) is 0 Å². The molecule has 0 aliphatic heterocycles. The maximum Gasteiger partial charge on any atom is 0.153 e. The van der Waals surface area contributed by atoms with Gasteiger partial charge in [-0.15, -0.1) is 0 Å². The molecular weight excluding hydrogens is 210 g/mol. The van der Waals surface area contributed by atoms with Crippen molar-refractivity contribution in [2.75, 3.05) is 11.1 Å². The number of aromatic nitrogens is 1. The second-order valence-corrected chi connectivity index (χ2v) is 4.40. The summed E-state index contributed by atoms with van der Waals surface area (Å²) in [6, 6.07) is 10.2. The van der Waals surface area contributed by atoms with Crippen LogP contribution >= 0.6 is 0 Å². The fourth-order valence-electron chi connectivity index (χ4n) is 2.31. The number of hydrogen-bond acceptors (Lipinski definition) is 3. The maximum absolute atomic E-state index is 5.86. The van der Waals surface area contributed by atoms with Gasteiger partial charge in [0.05, 0.1) is 5.69 Å². The lowest BCUT2D eigenvalue weighted by Gasteiger charge is -2.09. The predicted molar refractivity (Wildman–Crippen MR) is 70.4 cm³/mol. The number of nitrogen functional groups attached to an aromatic ring is 1. The number of nitrogens with two attached hydrogens (primary N) is 1. The minimum absolute atomic E-state index is 0.674. The molecule has 0 bridgehead atoms. The normalized spacial score (nSPS) is 13.4. The lowest BCUT2D eigenvalue weighted by atomic mass is 10.1. The van der Waals surface area contributed by atoms with E-state index in [1.165, 1.54) is 30.4 Å². The summed E-state index contributed by atoms with van der Waals surface area (Å²) in [5.74, 6) is 0.727. The van der Waals surface area contributed by atoms with Crippen molar-refractivity contribution in [2.45, 2.75) is 19.3 Å². The highest BCUT2D eigenvalue weighted by Crippen LogP contribution is 2.27. The molecule has 0 amide bonds. The third-order valence-corrected chi connectivity index (χ3v) is 3.20. The predicted octanol–water partition coefficient (Wildman–Crippen LogP) is 2.90. The molecule has 3 N–H and O–H groups in total. The van der Waals surface area contributed by atoms with Crippen LogP contribution in [0, 0.1) is 0 Å². The molecule has 1 aromatic carbocycles. The van der Waals surface area contributed by atoms with Gasteiger partial charge in [-0.05, 0) is 54.7 Å². The van der Waals surface area contributed by atoms with Crippen molar-refractivity contribution in [3.8, 4) is 0 Å². The van der Waals surface area contributed by atoms with Gasteiger partial charge < -0.3 is 11.1 Å². The summed E-state index contributed by atoms with van der Waals surface area (Å²) in [5.41, 5.74) is 10.5. The van der Waals surface area contributed by atoms with Gasteiger partial charge in [-0.1, -0.05) is 6.07 Å². The van der Waals surface area contributed by atoms with Crippen LogP contribution < -0.4 is 11.1 Å². The SMILES string of the molecule is Nc1cccnc1Nc1ccc2c(c1)CCC2. The lowest BCUT2D eigenvalue weighted by Crippen LogP contribution is -1.99. The topological polar surface area (TPSA) is 50.9 Å². The van der Waals surface area contributed by atoms with E-state index in [2.05, 4.69) is 28.5 Å². The third kappa shape index (κ3) is 1.96. The van der Waals surface area contributed by atoms with E-state index in [0.29, 0.717) is 5.69 Å². The Balaban J connectivity index is 1.89. The maximum atomic E-state index is 5.86. The first-order valence-corrected chi connectivity index (χ1v) is 5.92. The first kappa shape index (κ1) is 10.1. The molecule has 2 aromatic rings. The van der Waals surface area contributed by atoms with Crippen molar-refractivity contribution in [3.63, 3.8) is 0 Å². The minimum atomic E-state index is 0.674. The summed E-state index contributed by atoms with van der Waals surface area (Å²) in [7, 11) is 0. The van der Waals surface area contributed by atoms with Crippen LogP contribution in [0.5, 0.6) is 0 Å². The number of pyridine rings is 1. The van der Waals surface area contributed by atoms with E-state index >= 15 is 0 Å². The van der Waals surface area contributed by atoms with Crippen LogP contribution in [0.2, 0.25) is 0 Å². The van der Waals surface area contributed by atoms with Crippen LogP contribution in [0.1, 0.15) is 17.5 Å². The fourth-order valence-corrected chi connectivity index (χ4v) is 2.31. The van der Waals surface area contributed by atoms with E-state index in [9.17, 15) is 0 Å². The van der Waals surface area contributed by atoms with Crippen molar-refractivity contribution in [3.05, 3.63) is 47.7 Å². The zero-order valence-electron chi connectivity index (χ0n) is 9.61. The van der Waals surface area contributed by atoms with E-state index < -0.39 is 0 Å². The Kier molecular flexibility index (Phi) is 2.44. The number of benzene rings is 1. The average Bonchev–Trinajstić information content (AvgIpc) is 2.79. The van der Waals surface area contributed by atoms with Gasteiger partial charge in [0.1, 0.15) is 0 Å². The molecule has 3 heteroatoms. The molecule has 0 spiro atoms. The highest BCUT2D eigenvalue weighted by molar-refractivity contribution is 5.68. The molecule has 0 radical (unpaired) electrons. The number of nitrogens with one attached hydrogen (secondary N) is 1. The monoisotopic (exact) mass is 225 g/mol. The molecule has 17 heavy (non-hydrogen) atoms. The number of rotatable bonds is 2. The molecule has 0 atom stereocenters. The lowest BCUT2D eigenvalue weighted by molar-refractivity contribution is 0.912. The van der Waals surface area contributed by atoms with Crippen molar-refractivity contribution >= 4 is 17.2 Å². The molecule has 86 valence electrons. The van der Waals surface area contributed by atoms with Gasteiger partial charge >= 0.3 is 0 Å². The number of hydrogen-bond donors (Lipinski definition) is 2. The molecule has 1 aliphatic carbocycles. The van der Waals surface area contributed by atoms with Crippen LogP contribution in [0.25, 0.3) is 0 Å². The Labute approximate surface area is 101 Å². The standard InChI is InChI=1S/C14H15N3/c15-13-5-2-8-16-14(13)17-12-7-6-10-3-1-4-11(10)9-12/h2,5-9H,1,3-4,15H2,(H,16,17). The molecule has 3 rings (SSSR count). The first-order chi connectivity index (χ1) is 8.33. The highest BCUT2D eigenvalue weighted by Gasteiger charge is 2.11. The molecule has 0 saturated heterocycles. The van der Waals surface area contributed by atoms with E-state index in [4.69, 9.17) is 5.73 Å². The van der Waals surface area contributed by atoms with Gasteiger partial charge in [0.15, 0.2) is 5.82 Å². The summed E-state index contributed by atoms with van der Waals surface area (Å²) < 4.78 is 0. The van der Waals surface area contributed by atoms with Crippen molar-refractivity contribution in [1.82, 2.24) is 4.98 Å². The number of anilines is 3. The number of aryl methyl sites for hydroxylation is 2. The van der Waals surface area contributed by atoms with Crippen LogP contribution in [0.15, 0.2) is 36.5 Å². The molecule has 1 aromatic heterocycles. The molecule has 0 unspecified atom stereocenters. The van der Waals surface area contributed by atoms with Crippen molar-refractivity contribution < 1.29 is 0 Å². The smallest absolute Gasteiger partial charge is 0.153 e. The van der Waals surface area contributed by atoms with E-state index in [1.807, 2.05) is 12.1 Å². The van der Waals surface area contributed by atoms with Crippen LogP contribution in [-0.4, -0.2) is 4.98 Å². The Bertz CT molecular complexity index is 549. The second-order valence-electron chi connectivity index (χ2n) is 4.40. The quantitative estimate of drug-likeness (QED) is 0.826.